The third kappa shape index (κ3) is 0.864. The number of nitrogens with two attached hydrogens (primary N) is 1. The summed E-state index contributed by atoms with van der Waals surface area (Å²) in [5.41, 5.74) is 5.83. The molecule has 0 spiro atoms. The lowest BCUT2D eigenvalue weighted by Gasteiger charge is -1.97. The Balaban J connectivity index is 2.45. The van der Waals surface area contributed by atoms with Crippen molar-refractivity contribution >= 4 is 0 Å². The lowest BCUT2D eigenvalue weighted by Crippen LogP contribution is -2.05. The van der Waals surface area contributed by atoms with Gasteiger partial charge in [-0.3, -0.25) is 0 Å². The fourth-order valence-electron chi connectivity index (χ4n) is 1.59. The minimum atomic E-state index is 0.337. The van der Waals surface area contributed by atoms with E-state index in [2.05, 4.69) is 13.8 Å². The molecule has 0 aromatic rings. The van der Waals surface area contributed by atoms with Crippen molar-refractivity contribution in [3.8, 4) is 0 Å². The maximum absolute atomic E-state index is 5.50. The smallest absolute Gasteiger partial charge is 0.0672 e. The van der Waals surface area contributed by atoms with Crippen molar-refractivity contribution in [2.75, 3.05) is 13.7 Å². The summed E-state index contributed by atoms with van der Waals surface area (Å²) in [4.78, 5) is 0. The largest absolute Gasteiger partial charge is 0.381 e. The van der Waals surface area contributed by atoms with Crippen LogP contribution in [0.2, 0.25) is 0 Å². The van der Waals surface area contributed by atoms with E-state index in [9.17, 15) is 0 Å². The minimum absolute atomic E-state index is 0.337. The van der Waals surface area contributed by atoms with Crippen molar-refractivity contribution in [2.24, 2.45) is 17.1 Å². The maximum atomic E-state index is 5.50. The number of hydrogen-bond acceptors (Lipinski definition) is 2. The van der Waals surface area contributed by atoms with Crippen molar-refractivity contribution in [3.05, 3.63) is 0 Å². The molecule has 0 heterocycles. The molecule has 1 aliphatic carbocycles. The number of hydrogen-bond donors (Lipinski definition) is 1. The van der Waals surface area contributed by atoms with E-state index in [-0.39, 0.29) is 0 Å². The van der Waals surface area contributed by atoms with Gasteiger partial charge in [-0.2, -0.15) is 0 Å². The van der Waals surface area contributed by atoms with Gasteiger partial charge in [-0.1, -0.05) is 13.8 Å². The fraction of sp³-hybridized carbons (Fsp3) is 1.00. The number of rotatable bonds is 2. The predicted molar refractivity (Wildman–Crippen MR) is 37.1 cm³/mol. The van der Waals surface area contributed by atoms with E-state index in [4.69, 9.17) is 10.5 Å². The van der Waals surface area contributed by atoms with Gasteiger partial charge in [0, 0.05) is 13.0 Å². The normalized spacial score (nSPS) is 38.7. The van der Waals surface area contributed by atoms with E-state index in [1.165, 1.54) is 0 Å². The van der Waals surface area contributed by atoms with Crippen LogP contribution in [0.1, 0.15) is 13.8 Å². The summed E-state index contributed by atoms with van der Waals surface area (Å²) in [6, 6.07) is 0. The maximum Gasteiger partial charge on any atom is 0.0672 e. The molecule has 0 aliphatic heterocycles. The molecule has 1 fully saturated rings. The zero-order chi connectivity index (χ0) is 7.07. The molecule has 0 amide bonds. The summed E-state index contributed by atoms with van der Waals surface area (Å²) in [6.45, 7) is 5.14. The second-order valence-corrected chi connectivity index (χ2v) is 3.32. The average Bonchev–Trinajstić information content (AvgIpc) is 2.32. The van der Waals surface area contributed by atoms with Crippen LogP contribution in [-0.2, 0) is 4.74 Å². The highest BCUT2D eigenvalue weighted by atomic mass is 16.5. The van der Waals surface area contributed by atoms with Crippen molar-refractivity contribution < 1.29 is 4.74 Å². The first-order chi connectivity index (χ1) is 4.14. The molecule has 0 unspecified atom stereocenters. The van der Waals surface area contributed by atoms with Crippen LogP contribution in [0.4, 0.5) is 0 Å². The molecule has 2 N–H and O–H groups in total. The van der Waals surface area contributed by atoms with Gasteiger partial charge >= 0.3 is 0 Å². The van der Waals surface area contributed by atoms with E-state index < -0.39 is 0 Å². The third-order valence-electron chi connectivity index (χ3n) is 2.45. The average molecular weight is 129 g/mol. The Morgan fingerprint density at radius 1 is 1.56 bits per heavy atom. The van der Waals surface area contributed by atoms with Crippen LogP contribution in [-0.4, -0.2) is 19.8 Å². The molecule has 0 bridgehead atoms. The molecule has 0 aromatic carbocycles. The first kappa shape index (κ1) is 7.03. The summed E-state index contributed by atoms with van der Waals surface area (Å²) in [5.74, 6) is 0.586. The van der Waals surface area contributed by atoms with Gasteiger partial charge in [0.2, 0.25) is 0 Å². The van der Waals surface area contributed by atoms with Crippen molar-refractivity contribution in [2.45, 2.75) is 20.0 Å². The summed E-state index contributed by atoms with van der Waals surface area (Å²) in [6.07, 6.45) is 0.405. The van der Waals surface area contributed by atoms with E-state index >= 15 is 0 Å². The quantitative estimate of drug-likeness (QED) is 0.593. The van der Waals surface area contributed by atoms with Crippen molar-refractivity contribution in [1.29, 1.82) is 0 Å². The number of methoxy groups -OCH3 is 1. The van der Waals surface area contributed by atoms with Crippen LogP contribution in [0.3, 0.4) is 0 Å². The molecule has 1 aliphatic rings. The molecular formula is C7H15NO. The van der Waals surface area contributed by atoms with Gasteiger partial charge in [0.1, 0.15) is 0 Å². The fourth-order valence-corrected chi connectivity index (χ4v) is 1.59. The highest BCUT2D eigenvalue weighted by Crippen LogP contribution is 2.52. The van der Waals surface area contributed by atoms with Gasteiger partial charge in [-0.25, -0.2) is 0 Å². The summed E-state index contributed by atoms with van der Waals surface area (Å²) in [5, 5.41) is 0. The Morgan fingerprint density at radius 2 is 2.11 bits per heavy atom. The van der Waals surface area contributed by atoms with Crippen LogP contribution in [0.5, 0.6) is 0 Å². The standard InChI is InChI=1S/C7H15NO/c1-7(2)5(4-8)6(7)9-3/h5-6H,4,8H2,1-3H3/t5-,6-/m0/s1. The zero-order valence-electron chi connectivity index (χ0n) is 6.35. The predicted octanol–water partition coefficient (Wildman–Crippen LogP) is 0.616. The van der Waals surface area contributed by atoms with Crippen LogP contribution in [0.15, 0.2) is 0 Å². The Morgan fingerprint density at radius 3 is 2.22 bits per heavy atom. The van der Waals surface area contributed by atoms with Crippen LogP contribution >= 0.6 is 0 Å². The van der Waals surface area contributed by atoms with E-state index in [0.29, 0.717) is 17.4 Å². The van der Waals surface area contributed by atoms with Gasteiger partial charge in [-0.15, -0.1) is 0 Å². The molecule has 2 atom stereocenters. The monoisotopic (exact) mass is 129 g/mol. The van der Waals surface area contributed by atoms with E-state index in [1.807, 2.05) is 0 Å². The lowest BCUT2D eigenvalue weighted by atomic mass is 10.1. The third-order valence-corrected chi connectivity index (χ3v) is 2.45. The Hall–Kier alpha value is -0.0800. The topological polar surface area (TPSA) is 35.2 Å². The second-order valence-electron chi connectivity index (χ2n) is 3.32. The molecule has 2 nitrogen and oxygen atoms in total. The Labute approximate surface area is 56.4 Å². The van der Waals surface area contributed by atoms with Gasteiger partial charge < -0.3 is 10.5 Å². The molecule has 2 heteroatoms. The zero-order valence-corrected chi connectivity index (χ0v) is 6.35. The number of ether oxygens (including phenoxy) is 1. The highest BCUT2D eigenvalue weighted by Gasteiger charge is 2.57. The molecule has 54 valence electrons. The van der Waals surface area contributed by atoms with Crippen LogP contribution in [0.25, 0.3) is 0 Å². The Kier molecular flexibility index (Phi) is 1.53. The molecule has 1 saturated carbocycles. The van der Waals surface area contributed by atoms with Crippen molar-refractivity contribution in [3.63, 3.8) is 0 Å². The first-order valence-corrected chi connectivity index (χ1v) is 3.37. The van der Waals surface area contributed by atoms with Crippen LogP contribution < -0.4 is 5.73 Å². The van der Waals surface area contributed by atoms with E-state index in [0.717, 1.165) is 6.54 Å². The summed E-state index contributed by atoms with van der Waals surface area (Å²) in [7, 11) is 1.75. The highest BCUT2D eigenvalue weighted by molar-refractivity contribution is 5.07. The van der Waals surface area contributed by atoms with E-state index in [1.54, 1.807) is 7.11 Å². The molecule has 0 radical (unpaired) electrons. The molecule has 0 saturated heterocycles. The Bertz CT molecular complexity index is 99.5. The van der Waals surface area contributed by atoms with Crippen molar-refractivity contribution in [1.82, 2.24) is 0 Å². The minimum Gasteiger partial charge on any atom is -0.381 e. The van der Waals surface area contributed by atoms with Gasteiger partial charge in [0.05, 0.1) is 6.10 Å². The molecular weight excluding hydrogens is 114 g/mol. The second kappa shape index (κ2) is 1.96. The van der Waals surface area contributed by atoms with Crippen LogP contribution in [0, 0.1) is 11.3 Å². The van der Waals surface area contributed by atoms with Gasteiger partial charge in [0.25, 0.3) is 0 Å². The summed E-state index contributed by atoms with van der Waals surface area (Å²) < 4.78 is 5.20. The molecule has 0 aromatic heterocycles. The lowest BCUT2D eigenvalue weighted by molar-refractivity contribution is 0.148. The summed E-state index contributed by atoms with van der Waals surface area (Å²) >= 11 is 0. The molecule has 1 rings (SSSR count). The van der Waals surface area contributed by atoms with Gasteiger partial charge in [0.15, 0.2) is 0 Å². The molecule has 9 heavy (non-hydrogen) atoms. The SMILES string of the molecule is CO[C@H]1[C@H](CN)C1(C)C. The first-order valence-electron chi connectivity index (χ1n) is 3.37. The van der Waals surface area contributed by atoms with Gasteiger partial charge in [-0.05, 0) is 12.0 Å².